The standard InChI is InChI=1S/C15H22ClIN2/c1-11-13(17)9-12(16)10-14(11)18-5-7-19(8-6-18)15(2,3)4/h9-10H,5-8H2,1-4H3. The van der Waals surface area contributed by atoms with Crippen molar-refractivity contribution in [2.45, 2.75) is 33.2 Å². The molecule has 0 saturated carbocycles. The van der Waals surface area contributed by atoms with Crippen LogP contribution >= 0.6 is 34.2 Å². The molecule has 0 bridgehead atoms. The molecule has 0 amide bonds. The van der Waals surface area contributed by atoms with E-state index < -0.39 is 0 Å². The molecule has 1 fully saturated rings. The first-order valence-electron chi connectivity index (χ1n) is 6.74. The summed E-state index contributed by atoms with van der Waals surface area (Å²) in [4.78, 5) is 5.01. The van der Waals surface area contributed by atoms with Crippen LogP contribution in [-0.2, 0) is 0 Å². The second-order valence-corrected chi connectivity index (χ2v) is 7.78. The number of nitrogens with zero attached hydrogens (tertiary/aromatic N) is 2. The van der Waals surface area contributed by atoms with Crippen LogP contribution in [0.3, 0.4) is 0 Å². The lowest BCUT2D eigenvalue weighted by atomic mass is 10.0. The topological polar surface area (TPSA) is 6.48 Å². The van der Waals surface area contributed by atoms with E-state index >= 15 is 0 Å². The molecule has 2 nitrogen and oxygen atoms in total. The predicted octanol–water partition coefficient (Wildman–Crippen LogP) is 4.17. The van der Waals surface area contributed by atoms with Crippen molar-refractivity contribution < 1.29 is 0 Å². The third-order valence-electron chi connectivity index (χ3n) is 3.85. The van der Waals surface area contributed by atoms with Crippen LogP contribution in [0.5, 0.6) is 0 Å². The Morgan fingerprint density at radius 2 is 1.68 bits per heavy atom. The quantitative estimate of drug-likeness (QED) is 0.662. The zero-order valence-corrected chi connectivity index (χ0v) is 15.0. The Hall–Kier alpha value is -0.0000000000000000763. The van der Waals surface area contributed by atoms with Crippen LogP contribution in [-0.4, -0.2) is 36.6 Å². The maximum absolute atomic E-state index is 6.20. The van der Waals surface area contributed by atoms with E-state index in [2.05, 4.69) is 66.2 Å². The first-order valence-corrected chi connectivity index (χ1v) is 8.20. The molecule has 19 heavy (non-hydrogen) atoms. The summed E-state index contributed by atoms with van der Waals surface area (Å²) >= 11 is 8.57. The zero-order valence-electron chi connectivity index (χ0n) is 12.1. The Morgan fingerprint density at radius 3 is 2.21 bits per heavy atom. The molecule has 0 spiro atoms. The van der Waals surface area contributed by atoms with Crippen molar-refractivity contribution in [2.75, 3.05) is 31.1 Å². The minimum Gasteiger partial charge on any atom is -0.369 e. The van der Waals surface area contributed by atoms with E-state index in [1.807, 2.05) is 6.07 Å². The van der Waals surface area contributed by atoms with E-state index in [4.69, 9.17) is 11.6 Å². The van der Waals surface area contributed by atoms with E-state index in [1.54, 1.807) is 0 Å². The molecule has 0 aliphatic carbocycles. The zero-order chi connectivity index (χ0) is 14.2. The van der Waals surface area contributed by atoms with Crippen LogP contribution in [0.2, 0.25) is 5.02 Å². The Kier molecular flexibility index (Phi) is 4.68. The summed E-state index contributed by atoms with van der Waals surface area (Å²) in [5.41, 5.74) is 2.91. The minimum absolute atomic E-state index is 0.268. The molecule has 106 valence electrons. The third-order valence-corrected chi connectivity index (χ3v) is 5.19. The average molecular weight is 393 g/mol. The number of hydrogen-bond acceptors (Lipinski definition) is 2. The maximum Gasteiger partial charge on any atom is 0.0437 e. The molecule has 0 radical (unpaired) electrons. The lowest BCUT2D eigenvalue weighted by Gasteiger charge is -2.43. The number of piperazine rings is 1. The van der Waals surface area contributed by atoms with Gasteiger partial charge >= 0.3 is 0 Å². The van der Waals surface area contributed by atoms with Gasteiger partial charge in [-0.2, -0.15) is 0 Å². The molecule has 1 aromatic carbocycles. The van der Waals surface area contributed by atoms with Crippen LogP contribution in [0.15, 0.2) is 12.1 Å². The van der Waals surface area contributed by atoms with E-state index in [0.717, 1.165) is 31.2 Å². The maximum atomic E-state index is 6.20. The lowest BCUT2D eigenvalue weighted by Crippen LogP contribution is -2.53. The number of rotatable bonds is 1. The fourth-order valence-corrected chi connectivity index (χ4v) is 3.59. The average Bonchev–Trinajstić information content (AvgIpc) is 2.33. The van der Waals surface area contributed by atoms with Gasteiger partial charge in [0.25, 0.3) is 0 Å². The van der Waals surface area contributed by atoms with Crippen molar-refractivity contribution in [1.29, 1.82) is 0 Å². The number of anilines is 1. The van der Waals surface area contributed by atoms with Gasteiger partial charge in [-0.1, -0.05) is 11.6 Å². The molecule has 1 aliphatic heterocycles. The van der Waals surface area contributed by atoms with Gasteiger partial charge in [0.1, 0.15) is 0 Å². The van der Waals surface area contributed by atoms with Crippen LogP contribution < -0.4 is 4.90 Å². The van der Waals surface area contributed by atoms with Crippen LogP contribution in [0.4, 0.5) is 5.69 Å². The molecule has 2 rings (SSSR count). The Morgan fingerprint density at radius 1 is 1.11 bits per heavy atom. The van der Waals surface area contributed by atoms with Gasteiger partial charge in [0.15, 0.2) is 0 Å². The molecule has 4 heteroatoms. The minimum atomic E-state index is 0.268. The van der Waals surface area contributed by atoms with Crippen molar-refractivity contribution in [1.82, 2.24) is 4.90 Å². The van der Waals surface area contributed by atoms with Gasteiger partial charge in [-0.3, -0.25) is 4.90 Å². The molecule has 0 N–H and O–H groups in total. The Labute approximate surface area is 135 Å². The lowest BCUT2D eigenvalue weighted by molar-refractivity contribution is 0.128. The van der Waals surface area contributed by atoms with Crippen molar-refractivity contribution >= 4 is 39.9 Å². The predicted molar refractivity (Wildman–Crippen MR) is 92.4 cm³/mol. The molecular formula is C15H22ClIN2. The fourth-order valence-electron chi connectivity index (χ4n) is 2.58. The number of hydrogen-bond donors (Lipinski definition) is 0. The van der Waals surface area contributed by atoms with Gasteiger partial charge < -0.3 is 4.90 Å². The smallest absolute Gasteiger partial charge is 0.0437 e. The van der Waals surface area contributed by atoms with Crippen LogP contribution in [0.1, 0.15) is 26.3 Å². The van der Waals surface area contributed by atoms with Crippen molar-refractivity contribution in [3.05, 3.63) is 26.3 Å². The normalized spacial score (nSPS) is 17.9. The first kappa shape index (κ1) is 15.4. The summed E-state index contributed by atoms with van der Waals surface area (Å²) in [6, 6.07) is 4.14. The Balaban J connectivity index is 2.14. The van der Waals surface area contributed by atoms with Crippen molar-refractivity contribution in [3.8, 4) is 0 Å². The largest absolute Gasteiger partial charge is 0.369 e. The SMILES string of the molecule is Cc1c(I)cc(Cl)cc1N1CCN(C(C)(C)C)CC1. The molecule has 1 saturated heterocycles. The van der Waals surface area contributed by atoms with Gasteiger partial charge in [-0.15, -0.1) is 0 Å². The van der Waals surface area contributed by atoms with Crippen molar-refractivity contribution in [2.24, 2.45) is 0 Å². The first-order chi connectivity index (χ1) is 8.79. The molecule has 0 atom stereocenters. The molecule has 0 aromatic heterocycles. The highest BCUT2D eigenvalue weighted by Crippen LogP contribution is 2.30. The molecule has 1 aliphatic rings. The van der Waals surface area contributed by atoms with E-state index in [1.165, 1.54) is 14.8 Å². The summed E-state index contributed by atoms with van der Waals surface area (Å²) in [5.74, 6) is 0. The second-order valence-electron chi connectivity index (χ2n) is 6.18. The molecule has 1 aromatic rings. The summed E-state index contributed by atoms with van der Waals surface area (Å²) < 4.78 is 1.25. The second kappa shape index (κ2) is 5.78. The summed E-state index contributed by atoms with van der Waals surface area (Å²) in [6.45, 7) is 13.4. The van der Waals surface area contributed by atoms with Gasteiger partial charge in [0, 0.05) is 46.0 Å². The summed E-state index contributed by atoms with van der Waals surface area (Å²) in [6.07, 6.45) is 0. The summed E-state index contributed by atoms with van der Waals surface area (Å²) in [5, 5.41) is 0.836. The van der Waals surface area contributed by atoms with Crippen molar-refractivity contribution in [3.63, 3.8) is 0 Å². The fraction of sp³-hybridized carbons (Fsp3) is 0.600. The highest BCUT2D eigenvalue weighted by molar-refractivity contribution is 14.1. The molecular weight excluding hydrogens is 371 g/mol. The molecule has 0 unspecified atom stereocenters. The molecule has 1 heterocycles. The third kappa shape index (κ3) is 3.56. The van der Waals surface area contributed by atoms with Crippen LogP contribution in [0.25, 0.3) is 0 Å². The van der Waals surface area contributed by atoms with E-state index in [-0.39, 0.29) is 5.54 Å². The monoisotopic (exact) mass is 392 g/mol. The highest BCUT2D eigenvalue weighted by Gasteiger charge is 2.26. The van der Waals surface area contributed by atoms with Gasteiger partial charge in [-0.05, 0) is 68.0 Å². The van der Waals surface area contributed by atoms with E-state index in [9.17, 15) is 0 Å². The highest BCUT2D eigenvalue weighted by atomic mass is 127. The summed E-state index contributed by atoms with van der Waals surface area (Å²) in [7, 11) is 0. The Bertz CT molecular complexity index is 460. The number of halogens is 2. The van der Waals surface area contributed by atoms with Gasteiger partial charge in [-0.25, -0.2) is 0 Å². The van der Waals surface area contributed by atoms with Gasteiger partial charge in [0.2, 0.25) is 0 Å². The van der Waals surface area contributed by atoms with Gasteiger partial charge in [0.05, 0.1) is 0 Å². The van der Waals surface area contributed by atoms with Crippen LogP contribution in [0, 0.1) is 10.5 Å². The van der Waals surface area contributed by atoms with E-state index in [0.29, 0.717) is 0 Å². The number of benzene rings is 1.